The van der Waals surface area contributed by atoms with Gasteiger partial charge in [-0.1, -0.05) is 64.5 Å². The first-order valence-electron chi connectivity index (χ1n) is 7.54. The maximum absolute atomic E-state index is 12.2. The molecule has 0 amide bonds. The van der Waals surface area contributed by atoms with Crippen molar-refractivity contribution in [2.45, 2.75) is 46.8 Å². The Hall–Kier alpha value is -1.62. The Morgan fingerprint density at radius 3 is 2.45 bits per heavy atom. The van der Waals surface area contributed by atoms with E-state index in [2.05, 4.69) is 5.32 Å². The average Bonchev–Trinajstić information content (AvgIpc) is 2.46. The van der Waals surface area contributed by atoms with Crippen LogP contribution in [0.2, 0.25) is 0 Å². The molecule has 0 aliphatic heterocycles. The van der Waals surface area contributed by atoms with E-state index >= 15 is 0 Å². The Labute approximate surface area is 138 Å². The lowest BCUT2D eigenvalue weighted by atomic mass is 9.97. The van der Waals surface area contributed by atoms with Gasteiger partial charge < -0.3 is 14.8 Å². The topological polar surface area (TPSA) is 47.6 Å². The van der Waals surface area contributed by atoms with E-state index in [0.29, 0.717) is 17.3 Å². The van der Waals surface area contributed by atoms with Gasteiger partial charge in [0.15, 0.2) is 0 Å². The molecule has 1 atom stereocenters. The summed E-state index contributed by atoms with van der Waals surface area (Å²) >= 11 is 5.34. The van der Waals surface area contributed by atoms with Crippen LogP contribution in [0.15, 0.2) is 30.3 Å². The van der Waals surface area contributed by atoms with E-state index in [1.54, 1.807) is 12.1 Å². The maximum atomic E-state index is 12.2. The number of esters is 1. The molecule has 22 heavy (non-hydrogen) atoms. The van der Waals surface area contributed by atoms with Gasteiger partial charge in [-0.15, -0.1) is 0 Å². The molecule has 1 aromatic carbocycles. The second-order valence-corrected chi connectivity index (χ2v) is 6.46. The summed E-state index contributed by atoms with van der Waals surface area (Å²) in [6, 6.07) is 9.14. The van der Waals surface area contributed by atoms with Gasteiger partial charge in [-0.05, 0) is 18.6 Å². The van der Waals surface area contributed by atoms with E-state index < -0.39 is 12.2 Å². The van der Waals surface area contributed by atoms with E-state index in [-0.39, 0.29) is 5.41 Å². The molecule has 0 fully saturated rings. The molecule has 1 aromatic rings. The number of benzene rings is 1. The quantitative estimate of drug-likeness (QED) is 0.359. The first-order chi connectivity index (χ1) is 10.3. The van der Waals surface area contributed by atoms with Gasteiger partial charge >= 0.3 is 5.97 Å². The second-order valence-electron chi connectivity index (χ2n) is 6.06. The predicted molar refractivity (Wildman–Crippen MR) is 91.9 cm³/mol. The van der Waals surface area contributed by atoms with Gasteiger partial charge in [0.25, 0.3) is 6.23 Å². The molecule has 0 saturated carbocycles. The zero-order chi connectivity index (χ0) is 16.6. The number of hydrogen-bond donors (Lipinski definition) is 1. The molecule has 0 aromatic heterocycles. The molecular formula is C17H25NO3S. The smallest absolute Gasteiger partial charge is 0.369 e. The van der Waals surface area contributed by atoms with E-state index in [1.807, 2.05) is 45.9 Å². The minimum atomic E-state index is -0.939. The number of hydrogen-bond acceptors (Lipinski definition) is 4. The summed E-state index contributed by atoms with van der Waals surface area (Å²) in [5.74, 6) is 0.132. The highest BCUT2D eigenvalue weighted by Crippen LogP contribution is 2.16. The Morgan fingerprint density at radius 2 is 1.91 bits per heavy atom. The van der Waals surface area contributed by atoms with Crippen LogP contribution < -0.4 is 10.1 Å². The first kappa shape index (κ1) is 18.4. The van der Waals surface area contributed by atoms with Crippen molar-refractivity contribution in [3.05, 3.63) is 30.3 Å². The van der Waals surface area contributed by atoms with Crippen LogP contribution in [0.25, 0.3) is 0 Å². The normalized spacial score (nSPS) is 12.4. The zero-order valence-corrected chi connectivity index (χ0v) is 14.5. The molecule has 1 unspecified atom stereocenters. The average molecular weight is 323 g/mol. The summed E-state index contributed by atoms with van der Waals surface area (Å²) in [7, 11) is 0. The van der Waals surface area contributed by atoms with Crippen molar-refractivity contribution >= 4 is 23.2 Å². The number of carbonyl (C=O) groups excluding carboxylic acids is 1. The van der Waals surface area contributed by atoms with Crippen molar-refractivity contribution < 1.29 is 14.3 Å². The van der Waals surface area contributed by atoms with E-state index in [0.717, 1.165) is 12.8 Å². The molecule has 1 N–H and O–H groups in total. The third kappa shape index (κ3) is 6.43. The van der Waals surface area contributed by atoms with Crippen LogP contribution in [0.5, 0.6) is 5.75 Å². The molecule has 0 radical (unpaired) electrons. The van der Waals surface area contributed by atoms with E-state index in [9.17, 15) is 4.79 Å². The molecule has 122 valence electrons. The summed E-state index contributed by atoms with van der Waals surface area (Å²) in [5, 5.41) is 2.97. The zero-order valence-electron chi connectivity index (χ0n) is 13.7. The minimum Gasteiger partial charge on any atom is -0.462 e. The van der Waals surface area contributed by atoms with Crippen LogP contribution in [0.4, 0.5) is 0 Å². The Balaban J connectivity index is 2.76. The Bertz CT molecular complexity index is 482. The molecule has 0 aliphatic rings. The highest BCUT2D eigenvalue weighted by Gasteiger charge is 2.27. The summed E-state index contributed by atoms with van der Waals surface area (Å²) in [4.78, 5) is 12.8. The van der Waals surface area contributed by atoms with Crippen LogP contribution in [0.1, 0.15) is 40.5 Å². The van der Waals surface area contributed by atoms with E-state index in [4.69, 9.17) is 21.7 Å². The monoisotopic (exact) mass is 323 g/mol. The van der Waals surface area contributed by atoms with Crippen LogP contribution in [-0.2, 0) is 9.53 Å². The molecule has 0 heterocycles. The lowest BCUT2D eigenvalue weighted by Crippen LogP contribution is -2.48. The fourth-order valence-electron chi connectivity index (χ4n) is 1.50. The van der Waals surface area contributed by atoms with Crippen molar-refractivity contribution in [1.29, 1.82) is 0 Å². The van der Waals surface area contributed by atoms with Gasteiger partial charge in [-0.2, -0.15) is 0 Å². The highest BCUT2D eigenvalue weighted by molar-refractivity contribution is 7.80. The van der Waals surface area contributed by atoms with Gasteiger partial charge in [0, 0.05) is 5.41 Å². The number of rotatable bonds is 7. The standard InChI is InChI=1S/C17H25NO3S/c1-5-6-12-20-15(19)14(18-16(22)17(2,3)4)21-13-10-8-7-9-11-13/h7-11,14H,5-6,12H2,1-4H3,(H,18,22). The lowest BCUT2D eigenvalue weighted by Gasteiger charge is -2.26. The number of para-hydroxylation sites is 1. The van der Waals surface area contributed by atoms with Crippen molar-refractivity contribution in [2.75, 3.05) is 6.61 Å². The maximum Gasteiger partial charge on any atom is 0.369 e. The van der Waals surface area contributed by atoms with Crippen LogP contribution in [0.3, 0.4) is 0 Å². The largest absolute Gasteiger partial charge is 0.462 e. The van der Waals surface area contributed by atoms with Gasteiger partial charge in [-0.25, -0.2) is 4.79 Å². The lowest BCUT2D eigenvalue weighted by molar-refractivity contribution is -0.152. The van der Waals surface area contributed by atoms with Gasteiger partial charge in [0.05, 0.1) is 11.6 Å². The highest BCUT2D eigenvalue weighted by atomic mass is 32.1. The summed E-state index contributed by atoms with van der Waals surface area (Å²) < 4.78 is 10.9. The van der Waals surface area contributed by atoms with Crippen molar-refractivity contribution in [1.82, 2.24) is 5.32 Å². The van der Waals surface area contributed by atoms with Crippen LogP contribution >= 0.6 is 12.2 Å². The number of carbonyl (C=O) groups is 1. The third-order valence-corrected chi connectivity index (χ3v) is 3.63. The number of ether oxygens (including phenoxy) is 2. The first-order valence-corrected chi connectivity index (χ1v) is 7.94. The Morgan fingerprint density at radius 1 is 1.27 bits per heavy atom. The Kier molecular flexibility index (Phi) is 7.32. The van der Waals surface area contributed by atoms with Crippen molar-refractivity contribution in [3.63, 3.8) is 0 Å². The third-order valence-electron chi connectivity index (χ3n) is 2.90. The van der Waals surface area contributed by atoms with Gasteiger partial charge in [0.1, 0.15) is 5.75 Å². The molecule has 4 nitrogen and oxygen atoms in total. The predicted octanol–water partition coefficient (Wildman–Crippen LogP) is 3.70. The van der Waals surface area contributed by atoms with Crippen molar-refractivity contribution in [3.8, 4) is 5.75 Å². The van der Waals surface area contributed by atoms with Crippen LogP contribution in [-0.4, -0.2) is 23.8 Å². The van der Waals surface area contributed by atoms with Gasteiger partial charge in [0.2, 0.25) is 0 Å². The summed E-state index contributed by atoms with van der Waals surface area (Å²) in [6.07, 6.45) is 0.852. The molecule has 1 rings (SSSR count). The van der Waals surface area contributed by atoms with Crippen molar-refractivity contribution in [2.24, 2.45) is 5.41 Å². The van der Waals surface area contributed by atoms with E-state index in [1.165, 1.54) is 0 Å². The number of thiocarbonyl (C=S) groups is 1. The molecule has 0 aliphatic carbocycles. The fraction of sp³-hybridized carbons (Fsp3) is 0.529. The number of nitrogens with one attached hydrogen (secondary N) is 1. The van der Waals surface area contributed by atoms with Gasteiger partial charge in [-0.3, -0.25) is 0 Å². The molecular weight excluding hydrogens is 298 g/mol. The van der Waals surface area contributed by atoms with Crippen LogP contribution in [0, 0.1) is 5.41 Å². The SMILES string of the molecule is CCCCOC(=O)C(NC(=S)C(C)(C)C)Oc1ccccc1. The minimum absolute atomic E-state index is 0.253. The summed E-state index contributed by atoms with van der Waals surface area (Å²) in [5.41, 5.74) is -0.253. The molecule has 5 heteroatoms. The molecule has 0 saturated heterocycles. The fourth-order valence-corrected chi connectivity index (χ4v) is 1.61. The second kappa shape index (κ2) is 8.73. The molecule has 0 spiro atoms. The molecule has 0 bridgehead atoms. The number of unbranched alkanes of at least 4 members (excludes halogenated alkanes) is 1. The summed E-state index contributed by atoms with van der Waals surface area (Å²) in [6.45, 7) is 8.35.